The summed E-state index contributed by atoms with van der Waals surface area (Å²) in [6.07, 6.45) is 0. The van der Waals surface area contributed by atoms with Crippen molar-refractivity contribution in [1.82, 2.24) is 0 Å². The minimum Gasteiger partial charge on any atom is -0.0654 e. The van der Waals surface area contributed by atoms with E-state index in [1.807, 2.05) is 20.8 Å². The zero-order valence-electron chi connectivity index (χ0n) is 14.8. The second-order valence-electron chi connectivity index (χ2n) is 10.0. The van der Waals surface area contributed by atoms with Gasteiger partial charge in [-0.3, -0.25) is 0 Å². The molecule has 0 atom stereocenters. The third-order valence-electron chi connectivity index (χ3n) is 6.46. The van der Waals surface area contributed by atoms with Crippen molar-refractivity contribution in [2.75, 3.05) is 0 Å². The summed E-state index contributed by atoms with van der Waals surface area (Å²) in [4.78, 5) is 0. The molecule has 112 valence electrons. The molecule has 0 unspecified atom stereocenters. The van der Waals surface area contributed by atoms with Crippen LogP contribution in [0.2, 0.25) is 76.6 Å². The van der Waals surface area contributed by atoms with E-state index in [2.05, 4.69) is 52.4 Å². The average molecular weight is 337 g/mol. The van der Waals surface area contributed by atoms with E-state index in [-0.39, 0.29) is 0 Å². The van der Waals surface area contributed by atoms with Crippen molar-refractivity contribution in [2.45, 2.75) is 76.6 Å². The summed E-state index contributed by atoms with van der Waals surface area (Å²) in [7, 11) is -4.42. The van der Waals surface area contributed by atoms with Gasteiger partial charge in [-0.2, -0.15) is 0 Å². The molecule has 0 amide bonds. The second kappa shape index (κ2) is 4.00. The molecule has 0 aromatic carbocycles. The van der Waals surface area contributed by atoms with Gasteiger partial charge in [-0.15, -0.1) is 0 Å². The zero-order chi connectivity index (χ0) is 15.1. The SMILES string of the molecule is C[Si]1(C)CC[Si](C)(C)C2=C1C1=C2[Si](C)(C)CC[Si]1(C)C. The highest BCUT2D eigenvalue weighted by molar-refractivity contribution is 7.07. The second-order valence-corrected chi connectivity index (χ2v) is 29.1. The molecule has 0 aromatic heterocycles. The molecule has 2 aliphatic heterocycles. The van der Waals surface area contributed by atoms with Gasteiger partial charge < -0.3 is 0 Å². The highest BCUT2D eigenvalue weighted by atomic mass is 28.3. The fraction of sp³-hybridized carbons (Fsp3) is 0.750. The van der Waals surface area contributed by atoms with E-state index in [0.717, 1.165) is 0 Å². The van der Waals surface area contributed by atoms with Crippen molar-refractivity contribution in [3.63, 3.8) is 0 Å². The summed E-state index contributed by atoms with van der Waals surface area (Å²) in [5, 5.41) is 8.19. The van der Waals surface area contributed by atoms with Gasteiger partial charge in [0.15, 0.2) is 0 Å². The van der Waals surface area contributed by atoms with Crippen molar-refractivity contribution in [1.29, 1.82) is 0 Å². The predicted molar refractivity (Wildman–Crippen MR) is 103 cm³/mol. The molecule has 0 saturated heterocycles. The van der Waals surface area contributed by atoms with Crippen LogP contribution in [0.25, 0.3) is 0 Å². The Morgan fingerprint density at radius 3 is 0.700 bits per heavy atom. The summed E-state index contributed by atoms with van der Waals surface area (Å²) in [6, 6.07) is 6.31. The van der Waals surface area contributed by atoms with Crippen LogP contribution < -0.4 is 0 Å². The molecule has 3 rings (SSSR count). The van der Waals surface area contributed by atoms with Gasteiger partial charge in [-0.25, -0.2) is 0 Å². The van der Waals surface area contributed by atoms with Crippen molar-refractivity contribution in [2.24, 2.45) is 0 Å². The number of fused-ring (bicyclic) bond motifs is 2. The maximum absolute atomic E-state index is 2.67. The van der Waals surface area contributed by atoms with Gasteiger partial charge in [0, 0.05) is 0 Å². The van der Waals surface area contributed by atoms with Gasteiger partial charge in [0.05, 0.1) is 32.3 Å². The van der Waals surface area contributed by atoms with E-state index in [1.165, 1.54) is 0 Å². The summed E-state index contributed by atoms with van der Waals surface area (Å²) < 4.78 is 0. The number of hydrogen-bond donors (Lipinski definition) is 0. The van der Waals surface area contributed by atoms with Crippen LogP contribution in [0.3, 0.4) is 0 Å². The van der Waals surface area contributed by atoms with E-state index in [4.69, 9.17) is 0 Å². The molecule has 0 N–H and O–H groups in total. The third kappa shape index (κ3) is 1.87. The van der Waals surface area contributed by atoms with E-state index >= 15 is 0 Å². The lowest BCUT2D eigenvalue weighted by Crippen LogP contribution is -2.60. The zero-order valence-corrected chi connectivity index (χ0v) is 18.8. The smallest absolute Gasteiger partial charge is 0.0654 e. The Morgan fingerprint density at radius 2 is 0.550 bits per heavy atom. The van der Waals surface area contributed by atoms with Crippen molar-refractivity contribution < 1.29 is 0 Å². The normalized spacial score (nSPS) is 32.4. The summed E-state index contributed by atoms with van der Waals surface area (Å²) in [6.45, 7) is 21.4. The Hall–Kier alpha value is 0.348. The van der Waals surface area contributed by atoms with Gasteiger partial charge in [0.2, 0.25) is 0 Å². The molecule has 4 heteroatoms. The molecule has 3 aliphatic rings. The third-order valence-corrected chi connectivity index (χ3v) is 21.9. The number of rotatable bonds is 0. The van der Waals surface area contributed by atoms with Crippen LogP contribution in [0.15, 0.2) is 20.8 Å². The molecule has 0 spiro atoms. The molecule has 1 aliphatic carbocycles. The van der Waals surface area contributed by atoms with Gasteiger partial charge in [-0.1, -0.05) is 97.3 Å². The Bertz CT molecular complexity index is 438. The Morgan fingerprint density at radius 1 is 0.400 bits per heavy atom. The van der Waals surface area contributed by atoms with Crippen molar-refractivity contribution in [3.8, 4) is 0 Å². The number of allylic oxidation sites excluding steroid dienone is 4. The quantitative estimate of drug-likeness (QED) is 0.504. The molecule has 0 aromatic rings. The summed E-state index contributed by atoms with van der Waals surface area (Å²) >= 11 is 0. The molecular formula is C16H32Si4. The predicted octanol–water partition coefficient (Wildman–Crippen LogP) is 5.61. The van der Waals surface area contributed by atoms with Crippen LogP contribution in [0.5, 0.6) is 0 Å². The van der Waals surface area contributed by atoms with E-state index < -0.39 is 32.3 Å². The topological polar surface area (TPSA) is 0 Å². The van der Waals surface area contributed by atoms with Gasteiger partial charge in [-0.05, 0) is 0 Å². The Kier molecular flexibility index (Phi) is 3.05. The van der Waals surface area contributed by atoms with Crippen LogP contribution in [0.1, 0.15) is 0 Å². The van der Waals surface area contributed by atoms with Crippen LogP contribution in [-0.2, 0) is 0 Å². The van der Waals surface area contributed by atoms with E-state index in [9.17, 15) is 0 Å². The standard InChI is InChI=1S/C16H32Si4/c1-17(2)9-10-18(3,4)14-13(17)15-16(14)20(7,8)12-11-19(15,5)6/h9-12H2,1-8H3. The van der Waals surface area contributed by atoms with Crippen LogP contribution in [-0.4, -0.2) is 32.3 Å². The monoisotopic (exact) mass is 336 g/mol. The summed E-state index contributed by atoms with van der Waals surface area (Å²) in [5.74, 6) is 0. The molecule has 0 bridgehead atoms. The molecule has 0 saturated carbocycles. The highest BCUT2D eigenvalue weighted by Gasteiger charge is 2.57. The minimum atomic E-state index is -1.11. The fourth-order valence-corrected chi connectivity index (χ4v) is 30.9. The molecule has 20 heavy (non-hydrogen) atoms. The first-order chi connectivity index (χ1) is 8.90. The van der Waals surface area contributed by atoms with Gasteiger partial charge >= 0.3 is 0 Å². The first-order valence-electron chi connectivity index (χ1n) is 8.41. The highest BCUT2D eigenvalue weighted by Crippen LogP contribution is 2.60. The minimum absolute atomic E-state index is 1.11. The lowest BCUT2D eigenvalue weighted by atomic mass is 10.2. The van der Waals surface area contributed by atoms with Gasteiger partial charge in [0.25, 0.3) is 0 Å². The average Bonchev–Trinajstić information content (AvgIpc) is 2.18. The number of hydrogen-bond acceptors (Lipinski definition) is 0. The molecule has 2 heterocycles. The van der Waals surface area contributed by atoms with Crippen molar-refractivity contribution in [3.05, 3.63) is 20.8 Å². The van der Waals surface area contributed by atoms with Crippen LogP contribution in [0.4, 0.5) is 0 Å². The Balaban J connectivity index is 2.22. The molecule has 0 fully saturated rings. The molecular weight excluding hydrogens is 305 g/mol. The molecule has 0 nitrogen and oxygen atoms in total. The summed E-state index contributed by atoms with van der Waals surface area (Å²) in [5.41, 5.74) is 0. The van der Waals surface area contributed by atoms with E-state index in [1.54, 1.807) is 24.2 Å². The van der Waals surface area contributed by atoms with E-state index in [0.29, 0.717) is 0 Å². The lowest BCUT2D eigenvalue weighted by Gasteiger charge is -2.59. The van der Waals surface area contributed by atoms with Crippen molar-refractivity contribution >= 4 is 32.3 Å². The lowest BCUT2D eigenvalue weighted by molar-refractivity contribution is 1.14. The first-order valence-corrected chi connectivity index (χ1v) is 21.2. The molecule has 0 radical (unpaired) electrons. The van der Waals surface area contributed by atoms with Gasteiger partial charge in [0.1, 0.15) is 0 Å². The van der Waals surface area contributed by atoms with Crippen LogP contribution >= 0.6 is 0 Å². The maximum atomic E-state index is 2.67. The first kappa shape index (κ1) is 15.3. The Labute approximate surface area is 129 Å². The fourth-order valence-electron chi connectivity index (χ4n) is 4.89. The van der Waals surface area contributed by atoms with Crippen LogP contribution in [0, 0.1) is 0 Å². The maximum Gasteiger partial charge on any atom is 0.0800 e. The largest absolute Gasteiger partial charge is 0.0800 e.